The number of aryl methyl sites for hydroxylation is 1. The predicted octanol–water partition coefficient (Wildman–Crippen LogP) is 2.03. The van der Waals surface area contributed by atoms with Gasteiger partial charge < -0.3 is 14.6 Å². The van der Waals surface area contributed by atoms with Gasteiger partial charge in [0.05, 0.1) is 42.6 Å². The first-order valence-corrected chi connectivity index (χ1v) is 6.93. The lowest BCUT2D eigenvalue weighted by Crippen LogP contribution is -2.06. The van der Waals surface area contributed by atoms with Crippen molar-refractivity contribution in [2.45, 2.75) is 13.1 Å². The van der Waals surface area contributed by atoms with Crippen molar-refractivity contribution in [1.82, 2.24) is 19.3 Å². The van der Waals surface area contributed by atoms with Crippen LogP contribution in [0.1, 0.15) is 5.82 Å². The Hall–Kier alpha value is -2.34. The van der Waals surface area contributed by atoms with Gasteiger partial charge in [-0.05, 0) is 12.1 Å². The molecule has 0 saturated heterocycles. The molecule has 0 unspecified atom stereocenters. The van der Waals surface area contributed by atoms with E-state index in [0.717, 1.165) is 29.1 Å². The molecule has 3 aromatic rings. The van der Waals surface area contributed by atoms with Crippen LogP contribution in [0.25, 0.3) is 11.0 Å². The van der Waals surface area contributed by atoms with E-state index in [2.05, 4.69) is 26.0 Å². The Balaban J connectivity index is 1.68. The van der Waals surface area contributed by atoms with Crippen LogP contribution >= 0.6 is 0 Å². The molecule has 3 rings (SSSR count). The molecular weight excluding hydrogens is 266 g/mol. The maximum atomic E-state index is 5.04. The summed E-state index contributed by atoms with van der Waals surface area (Å²) in [5, 5.41) is 7.63. The van der Waals surface area contributed by atoms with E-state index in [4.69, 9.17) is 4.74 Å². The molecule has 0 aliphatic rings. The first kappa shape index (κ1) is 13.6. The normalized spacial score (nSPS) is 11.1. The minimum absolute atomic E-state index is 0.659. The molecule has 0 aliphatic carbocycles. The minimum atomic E-state index is 0.659. The monoisotopic (exact) mass is 285 g/mol. The van der Waals surface area contributed by atoms with Crippen molar-refractivity contribution in [3.05, 3.63) is 42.5 Å². The lowest BCUT2D eigenvalue weighted by Gasteiger charge is -2.04. The molecule has 6 nitrogen and oxygen atoms in total. The van der Waals surface area contributed by atoms with Crippen LogP contribution in [-0.2, 0) is 24.9 Å². The highest BCUT2D eigenvalue weighted by atomic mass is 16.5. The Kier molecular flexibility index (Phi) is 3.87. The van der Waals surface area contributed by atoms with E-state index in [9.17, 15) is 0 Å². The van der Waals surface area contributed by atoms with E-state index in [1.54, 1.807) is 7.11 Å². The van der Waals surface area contributed by atoms with Gasteiger partial charge in [-0.2, -0.15) is 5.10 Å². The van der Waals surface area contributed by atoms with Gasteiger partial charge in [-0.25, -0.2) is 4.98 Å². The fraction of sp³-hybridized carbons (Fsp3) is 0.333. The summed E-state index contributed by atoms with van der Waals surface area (Å²) in [6, 6.07) is 8.14. The van der Waals surface area contributed by atoms with Crippen LogP contribution in [0.15, 0.2) is 36.7 Å². The maximum absolute atomic E-state index is 5.04. The zero-order valence-corrected chi connectivity index (χ0v) is 12.3. The van der Waals surface area contributed by atoms with Crippen LogP contribution in [0, 0.1) is 0 Å². The van der Waals surface area contributed by atoms with Gasteiger partial charge in [0, 0.05) is 20.4 Å². The van der Waals surface area contributed by atoms with Crippen LogP contribution in [0.3, 0.4) is 0 Å². The summed E-state index contributed by atoms with van der Waals surface area (Å²) in [4.78, 5) is 4.64. The van der Waals surface area contributed by atoms with Gasteiger partial charge in [0.1, 0.15) is 5.82 Å². The third-order valence-corrected chi connectivity index (χ3v) is 3.49. The van der Waals surface area contributed by atoms with E-state index in [-0.39, 0.29) is 0 Å². The Morgan fingerprint density at radius 2 is 2.14 bits per heavy atom. The van der Waals surface area contributed by atoms with Crippen LogP contribution < -0.4 is 5.32 Å². The summed E-state index contributed by atoms with van der Waals surface area (Å²) in [6.07, 6.45) is 3.79. The highest BCUT2D eigenvalue weighted by Crippen LogP contribution is 2.15. The predicted molar refractivity (Wildman–Crippen MR) is 82.1 cm³/mol. The average Bonchev–Trinajstić information content (AvgIpc) is 3.08. The number of imidazole rings is 1. The quantitative estimate of drug-likeness (QED) is 0.753. The molecule has 0 bridgehead atoms. The first-order valence-electron chi connectivity index (χ1n) is 6.93. The van der Waals surface area contributed by atoms with Crippen molar-refractivity contribution >= 4 is 16.7 Å². The van der Waals surface area contributed by atoms with Gasteiger partial charge in [0.2, 0.25) is 0 Å². The number of ether oxygens (including phenoxy) is 1. The molecule has 0 amide bonds. The summed E-state index contributed by atoms with van der Waals surface area (Å²) in [5.74, 6) is 1.00. The Bertz CT molecular complexity index is 731. The third-order valence-electron chi connectivity index (χ3n) is 3.49. The molecule has 110 valence electrons. The first-order chi connectivity index (χ1) is 10.3. The topological polar surface area (TPSA) is 56.9 Å². The number of nitrogens with one attached hydrogen (secondary N) is 1. The van der Waals surface area contributed by atoms with E-state index in [0.29, 0.717) is 13.2 Å². The van der Waals surface area contributed by atoms with Crippen LogP contribution in [0.4, 0.5) is 5.69 Å². The van der Waals surface area contributed by atoms with Crippen LogP contribution in [-0.4, -0.2) is 33.0 Å². The lowest BCUT2D eigenvalue weighted by molar-refractivity contribution is 0.183. The second kappa shape index (κ2) is 5.97. The van der Waals surface area contributed by atoms with Crippen molar-refractivity contribution in [3.8, 4) is 0 Å². The van der Waals surface area contributed by atoms with Gasteiger partial charge in [-0.1, -0.05) is 12.1 Å². The van der Waals surface area contributed by atoms with Gasteiger partial charge in [-0.15, -0.1) is 0 Å². The van der Waals surface area contributed by atoms with Crippen LogP contribution in [0.2, 0.25) is 0 Å². The summed E-state index contributed by atoms with van der Waals surface area (Å²) in [7, 11) is 3.72. The fourth-order valence-electron chi connectivity index (χ4n) is 2.30. The Labute approximate surface area is 123 Å². The van der Waals surface area contributed by atoms with Gasteiger partial charge in [0.15, 0.2) is 0 Å². The second-order valence-electron chi connectivity index (χ2n) is 4.91. The van der Waals surface area contributed by atoms with E-state index in [1.165, 1.54) is 0 Å². The van der Waals surface area contributed by atoms with E-state index >= 15 is 0 Å². The number of fused-ring (bicyclic) bond motifs is 1. The number of benzene rings is 1. The fourth-order valence-corrected chi connectivity index (χ4v) is 2.30. The molecule has 1 aromatic carbocycles. The number of anilines is 1. The SMILES string of the molecule is COCCn1cc(NCc2nc3ccccc3n2C)cn1. The molecule has 0 spiro atoms. The molecular formula is C15H19N5O. The van der Waals surface area contributed by atoms with E-state index in [1.807, 2.05) is 42.3 Å². The molecule has 0 aliphatic heterocycles. The largest absolute Gasteiger partial charge is 0.383 e. The van der Waals surface area contributed by atoms with Crippen molar-refractivity contribution in [2.75, 3.05) is 19.0 Å². The average molecular weight is 285 g/mol. The van der Waals surface area contributed by atoms with Gasteiger partial charge in [0.25, 0.3) is 0 Å². The number of para-hydroxylation sites is 2. The smallest absolute Gasteiger partial charge is 0.128 e. The summed E-state index contributed by atoms with van der Waals surface area (Å²) < 4.78 is 9.01. The molecule has 2 heterocycles. The number of hydrogen-bond acceptors (Lipinski definition) is 4. The van der Waals surface area contributed by atoms with Gasteiger partial charge >= 0.3 is 0 Å². The lowest BCUT2D eigenvalue weighted by atomic mass is 10.3. The second-order valence-corrected chi connectivity index (χ2v) is 4.91. The van der Waals surface area contributed by atoms with Crippen LogP contribution in [0.5, 0.6) is 0 Å². The summed E-state index contributed by atoms with van der Waals surface area (Å²) in [5.41, 5.74) is 3.15. The Morgan fingerprint density at radius 3 is 2.95 bits per heavy atom. The molecule has 0 fully saturated rings. The molecule has 21 heavy (non-hydrogen) atoms. The zero-order valence-electron chi connectivity index (χ0n) is 12.3. The highest BCUT2D eigenvalue weighted by Gasteiger charge is 2.07. The molecule has 2 aromatic heterocycles. The number of aromatic nitrogens is 4. The number of methoxy groups -OCH3 is 1. The number of hydrogen-bond donors (Lipinski definition) is 1. The minimum Gasteiger partial charge on any atom is -0.383 e. The maximum Gasteiger partial charge on any atom is 0.128 e. The number of rotatable bonds is 6. The van der Waals surface area contributed by atoms with Gasteiger partial charge in [-0.3, -0.25) is 4.68 Å². The van der Waals surface area contributed by atoms with Crippen molar-refractivity contribution < 1.29 is 4.74 Å². The molecule has 1 N–H and O–H groups in total. The molecule has 0 atom stereocenters. The standard InChI is InChI=1S/C15H19N5O/c1-19-14-6-4-3-5-13(14)18-15(19)10-16-12-9-17-20(11-12)7-8-21-2/h3-6,9,11,16H,7-8,10H2,1-2H3. The molecule has 0 saturated carbocycles. The van der Waals surface area contributed by atoms with Crippen molar-refractivity contribution in [2.24, 2.45) is 7.05 Å². The van der Waals surface area contributed by atoms with Crippen molar-refractivity contribution in [3.63, 3.8) is 0 Å². The summed E-state index contributed by atoms with van der Waals surface area (Å²) >= 11 is 0. The highest BCUT2D eigenvalue weighted by molar-refractivity contribution is 5.75. The Morgan fingerprint density at radius 1 is 1.29 bits per heavy atom. The number of nitrogens with zero attached hydrogens (tertiary/aromatic N) is 4. The van der Waals surface area contributed by atoms with E-state index < -0.39 is 0 Å². The summed E-state index contributed by atoms with van der Waals surface area (Å²) in [6.45, 7) is 2.08. The molecule has 6 heteroatoms. The zero-order chi connectivity index (χ0) is 14.7. The molecule has 0 radical (unpaired) electrons. The third kappa shape index (κ3) is 2.90. The van der Waals surface area contributed by atoms with Crippen molar-refractivity contribution in [1.29, 1.82) is 0 Å².